The van der Waals surface area contributed by atoms with Crippen molar-refractivity contribution in [1.82, 2.24) is 0 Å². The van der Waals surface area contributed by atoms with Gasteiger partial charge >= 0.3 is 0 Å². The van der Waals surface area contributed by atoms with Crippen LogP contribution in [-0.4, -0.2) is 14.1 Å². The van der Waals surface area contributed by atoms with E-state index in [9.17, 15) is 4.39 Å². The van der Waals surface area contributed by atoms with E-state index in [1.165, 1.54) is 12.1 Å². The Balaban J connectivity index is 2.32. The van der Waals surface area contributed by atoms with E-state index in [1.807, 2.05) is 43.3 Å². The van der Waals surface area contributed by atoms with Crippen LogP contribution in [0.25, 0.3) is 0 Å². The summed E-state index contributed by atoms with van der Waals surface area (Å²) in [5, 5.41) is 0. The summed E-state index contributed by atoms with van der Waals surface area (Å²) < 4.78 is 12.8. The first-order valence-corrected chi connectivity index (χ1v) is 5.71. The Bertz CT molecular complexity index is 588. The molecule has 2 rings (SSSR count). The fourth-order valence-electron chi connectivity index (χ4n) is 1.64. The van der Waals surface area contributed by atoms with Crippen molar-refractivity contribution in [2.45, 2.75) is 0 Å². The van der Waals surface area contributed by atoms with Gasteiger partial charge in [0.2, 0.25) is 0 Å². The highest BCUT2D eigenvalue weighted by Gasteiger charge is 1.99. The maximum Gasteiger partial charge on any atom is 0.123 e. The first kappa shape index (κ1) is 12.2. The Kier molecular flexibility index (Phi) is 3.64. The fourth-order valence-corrected chi connectivity index (χ4v) is 1.64. The van der Waals surface area contributed by atoms with Gasteiger partial charge in [-0.05, 0) is 36.4 Å². The van der Waals surface area contributed by atoms with Crippen LogP contribution in [-0.2, 0) is 0 Å². The SMILES string of the molecule is CN(C)c1ccccc1C#Cc1ccc(F)cc1. The van der Waals surface area contributed by atoms with Crippen molar-refractivity contribution in [2.24, 2.45) is 0 Å². The molecule has 18 heavy (non-hydrogen) atoms. The maximum absolute atomic E-state index is 12.8. The third-order valence-corrected chi connectivity index (χ3v) is 2.57. The third-order valence-electron chi connectivity index (χ3n) is 2.57. The lowest BCUT2D eigenvalue weighted by atomic mass is 10.1. The number of nitrogens with zero attached hydrogens (tertiary/aromatic N) is 1. The third kappa shape index (κ3) is 2.89. The molecule has 0 atom stereocenters. The zero-order valence-corrected chi connectivity index (χ0v) is 10.4. The molecule has 0 amide bonds. The summed E-state index contributed by atoms with van der Waals surface area (Å²) in [6, 6.07) is 14.1. The van der Waals surface area contributed by atoms with Crippen LogP contribution in [0.15, 0.2) is 48.5 Å². The molecule has 1 nitrogen and oxygen atoms in total. The molecule has 0 aliphatic heterocycles. The molecule has 0 saturated heterocycles. The van der Waals surface area contributed by atoms with Gasteiger partial charge in [-0.3, -0.25) is 0 Å². The molecule has 0 fully saturated rings. The largest absolute Gasteiger partial charge is 0.377 e. The summed E-state index contributed by atoms with van der Waals surface area (Å²) >= 11 is 0. The van der Waals surface area contributed by atoms with E-state index in [2.05, 4.69) is 11.8 Å². The summed E-state index contributed by atoms with van der Waals surface area (Å²) in [5.74, 6) is 5.91. The van der Waals surface area contributed by atoms with Crippen LogP contribution in [0.5, 0.6) is 0 Å². The number of benzene rings is 2. The number of hydrogen-bond donors (Lipinski definition) is 0. The van der Waals surface area contributed by atoms with Crippen LogP contribution in [0.3, 0.4) is 0 Å². The van der Waals surface area contributed by atoms with Crippen LogP contribution in [0.4, 0.5) is 10.1 Å². The van der Waals surface area contributed by atoms with E-state index in [0.29, 0.717) is 0 Å². The number of rotatable bonds is 1. The molecule has 2 heteroatoms. The van der Waals surface area contributed by atoms with Crippen LogP contribution in [0, 0.1) is 17.7 Å². The molecule has 0 aliphatic rings. The van der Waals surface area contributed by atoms with Gasteiger partial charge in [-0.25, -0.2) is 4.39 Å². The molecule has 0 bridgehead atoms. The Hall–Kier alpha value is -2.27. The maximum atomic E-state index is 12.8. The van der Waals surface area contributed by atoms with Gasteiger partial charge in [-0.1, -0.05) is 24.0 Å². The van der Waals surface area contributed by atoms with Crippen LogP contribution >= 0.6 is 0 Å². The van der Waals surface area contributed by atoms with E-state index in [4.69, 9.17) is 0 Å². The number of anilines is 1. The first-order chi connectivity index (χ1) is 8.66. The van der Waals surface area contributed by atoms with Gasteiger partial charge in [0, 0.05) is 25.2 Å². The monoisotopic (exact) mass is 239 g/mol. The summed E-state index contributed by atoms with van der Waals surface area (Å²) in [5.41, 5.74) is 2.85. The highest BCUT2D eigenvalue weighted by molar-refractivity contribution is 5.61. The molecule has 2 aromatic carbocycles. The van der Waals surface area contributed by atoms with E-state index < -0.39 is 0 Å². The molecule has 2 aromatic rings. The second-order valence-electron chi connectivity index (χ2n) is 4.17. The summed E-state index contributed by atoms with van der Waals surface area (Å²) in [6.45, 7) is 0. The molecule has 0 unspecified atom stereocenters. The minimum Gasteiger partial charge on any atom is -0.377 e. The van der Waals surface area contributed by atoms with E-state index in [0.717, 1.165) is 16.8 Å². The van der Waals surface area contributed by atoms with Crippen LogP contribution in [0.2, 0.25) is 0 Å². The minimum atomic E-state index is -0.241. The second kappa shape index (κ2) is 5.37. The summed E-state index contributed by atoms with van der Waals surface area (Å²) in [4.78, 5) is 2.02. The number of halogens is 1. The second-order valence-corrected chi connectivity index (χ2v) is 4.17. The molecular weight excluding hydrogens is 225 g/mol. The van der Waals surface area contributed by atoms with Crippen molar-refractivity contribution in [3.05, 3.63) is 65.5 Å². The van der Waals surface area contributed by atoms with Crippen molar-refractivity contribution >= 4 is 5.69 Å². The van der Waals surface area contributed by atoms with Gasteiger partial charge in [0.1, 0.15) is 5.82 Å². The molecule has 0 spiro atoms. The van der Waals surface area contributed by atoms with Gasteiger partial charge in [0.25, 0.3) is 0 Å². The lowest BCUT2D eigenvalue weighted by Gasteiger charge is -2.13. The molecule has 0 radical (unpaired) electrons. The van der Waals surface area contributed by atoms with Gasteiger partial charge < -0.3 is 4.90 Å². The highest BCUT2D eigenvalue weighted by atomic mass is 19.1. The van der Waals surface area contributed by atoms with Crippen molar-refractivity contribution < 1.29 is 4.39 Å². The van der Waals surface area contributed by atoms with Crippen LogP contribution < -0.4 is 4.90 Å². The molecular formula is C16H14FN. The molecule has 0 saturated carbocycles. The van der Waals surface area contributed by atoms with E-state index in [1.54, 1.807) is 12.1 Å². The van der Waals surface area contributed by atoms with Gasteiger partial charge in [0.05, 0.1) is 5.69 Å². The Morgan fingerprint density at radius 3 is 2.22 bits per heavy atom. The standard InChI is InChI=1S/C16H14FN/c1-18(2)16-6-4-3-5-14(16)10-7-13-8-11-15(17)12-9-13/h3-6,8-9,11-12H,1-2H3. The lowest BCUT2D eigenvalue weighted by Crippen LogP contribution is -2.09. The normalized spacial score (nSPS) is 9.50. The fraction of sp³-hybridized carbons (Fsp3) is 0.125. The average Bonchev–Trinajstić information content (AvgIpc) is 2.38. The number of hydrogen-bond acceptors (Lipinski definition) is 1. The van der Waals surface area contributed by atoms with Crippen LogP contribution in [0.1, 0.15) is 11.1 Å². The highest BCUT2D eigenvalue weighted by Crippen LogP contribution is 2.16. The minimum absolute atomic E-state index is 0.241. The van der Waals surface area contributed by atoms with E-state index in [-0.39, 0.29) is 5.82 Å². The van der Waals surface area contributed by atoms with Crippen molar-refractivity contribution in [1.29, 1.82) is 0 Å². The molecule has 0 aromatic heterocycles. The van der Waals surface area contributed by atoms with Gasteiger partial charge in [0.15, 0.2) is 0 Å². The average molecular weight is 239 g/mol. The Morgan fingerprint density at radius 1 is 0.889 bits per heavy atom. The smallest absolute Gasteiger partial charge is 0.123 e. The summed E-state index contributed by atoms with van der Waals surface area (Å²) in [7, 11) is 3.97. The molecule has 0 N–H and O–H groups in total. The Morgan fingerprint density at radius 2 is 1.56 bits per heavy atom. The predicted octanol–water partition coefficient (Wildman–Crippen LogP) is 3.29. The molecule has 0 heterocycles. The lowest BCUT2D eigenvalue weighted by molar-refractivity contribution is 0.627. The molecule has 90 valence electrons. The quantitative estimate of drug-likeness (QED) is 0.690. The zero-order chi connectivity index (χ0) is 13.0. The first-order valence-electron chi connectivity index (χ1n) is 5.71. The number of para-hydroxylation sites is 1. The topological polar surface area (TPSA) is 3.24 Å². The van der Waals surface area contributed by atoms with Crippen molar-refractivity contribution in [2.75, 3.05) is 19.0 Å². The predicted molar refractivity (Wildman–Crippen MR) is 73.1 cm³/mol. The van der Waals surface area contributed by atoms with Gasteiger partial charge in [-0.2, -0.15) is 0 Å². The summed E-state index contributed by atoms with van der Waals surface area (Å²) in [6.07, 6.45) is 0. The molecule has 0 aliphatic carbocycles. The van der Waals surface area contributed by atoms with Gasteiger partial charge in [-0.15, -0.1) is 0 Å². The zero-order valence-electron chi connectivity index (χ0n) is 10.4. The van der Waals surface area contributed by atoms with Crippen molar-refractivity contribution in [3.63, 3.8) is 0 Å². The van der Waals surface area contributed by atoms with E-state index >= 15 is 0 Å². The Labute approximate surface area is 107 Å². The van der Waals surface area contributed by atoms with Crippen molar-refractivity contribution in [3.8, 4) is 11.8 Å².